The highest BCUT2D eigenvalue weighted by Gasteiger charge is 2.51. The molecule has 0 saturated heterocycles. The third kappa shape index (κ3) is 29.6. The van der Waals surface area contributed by atoms with E-state index in [2.05, 4.69) is 62.5 Å². The van der Waals surface area contributed by atoms with E-state index in [1.165, 1.54) is 70.6 Å². The molecule has 1 aliphatic rings. The van der Waals surface area contributed by atoms with Crippen molar-refractivity contribution < 1.29 is 58.3 Å². The van der Waals surface area contributed by atoms with E-state index in [0.29, 0.717) is 13.0 Å². The fourth-order valence-electron chi connectivity index (χ4n) is 6.87. The van der Waals surface area contributed by atoms with Crippen molar-refractivity contribution in [3.8, 4) is 0 Å². The molecule has 1 aliphatic carbocycles. The minimum atomic E-state index is -5.02. The lowest BCUT2D eigenvalue weighted by atomic mass is 9.85. The van der Waals surface area contributed by atoms with Crippen molar-refractivity contribution in [3.63, 3.8) is 0 Å². The Morgan fingerprint density at radius 3 is 1.45 bits per heavy atom. The molecule has 1 rings (SSSR count). The molecular weight excluding hydrogens is 787 g/mol. The minimum absolute atomic E-state index is 0.0874. The topological polar surface area (TPSA) is 192 Å². The third-order valence-corrected chi connectivity index (χ3v) is 11.7. The predicted molar refractivity (Wildman–Crippen MR) is 239 cm³/mol. The maximum atomic E-state index is 12.8. The first-order valence-corrected chi connectivity index (χ1v) is 25.0. The van der Waals surface area contributed by atoms with Crippen LogP contribution >= 0.6 is 7.82 Å². The minimum Gasteiger partial charge on any atom is -0.457 e. The molecule has 0 aromatic heterocycles. The Labute approximate surface area is 363 Å². The van der Waals surface area contributed by atoms with E-state index in [9.17, 15) is 39.8 Å². The van der Waals surface area contributed by atoms with Crippen LogP contribution in [-0.2, 0) is 27.9 Å². The van der Waals surface area contributed by atoms with Gasteiger partial charge in [-0.25, -0.2) is 4.57 Å². The van der Waals surface area contributed by atoms with Crippen molar-refractivity contribution in [1.29, 1.82) is 0 Å². The number of rotatable bonds is 39. The number of allylic oxidation sites excluding steroid dienone is 8. The summed E-state index contributed by atoms with van der Waals surface area (Å²) in [7, 11) is -5.02. The Hall–Kier alpha value is -1.70. The van der Waals surface area contributed by atoms with Gasteiger partial charge in [0.05, 0.1) is 13.2 Å². The molecule has 0 aromatic carbocycles. The van der Waals surface area contributed by atoms with Gasteiger partial charge in [-0.15, -0.1) is 0 Å². The summed E-state index contributed by atoms with van der Waals surface area (Å²) in [5, 5.41) is 50.2. The van der Waals surface area contributed by atoms with Crippen LogP contribution in [0.15, 0.2) is 48.6 Å². The summed E-state index contributed by atoms with van der Waals surface area (Å²) in [6, 6.07) is 0. The SMILES string of the molecule is CCCC/C=C\C/C=C\CCCCCCCC(=O)OC(COCCCCCCCCCC/C=C\C/C=C\CCCCCC)COP(=O)(O)OC1C(O)C(O)C(O)C(O)C1O. The molecule has 12 nitrogen and oxygen atoms in total. The summed E-state index contributed by atoms with van der Waals surface area (Å²) in [5.74, 6) is -0.495. The van der Waals surface area contributed by atoms with Crippen LogP contribution in [0.2, 0.25) is 0 Å². The second-order valence-electron chi connectivity index (χ2n) is 16.2. The molecule has 0 bridgehead atoms. The van der Waals surface area contributed by atoms with Crippen molar-refractivity contribution >= 4 is 13.8 Å². The van der Waals surface area contributed by atoms with Crippen LogP contribution < -0.4 is 0 Å². The second-order valence-corrected chi connectivity index (χ2v) is 17.7. The molecule has 0 radical (unpaired) electrons. The first-order chi connectivity index (χ1) is 29.0. The molecule has 350 valence electrons. The van der Waals surface area contributed by atoms with Crippen molar-refractivity contribution in [2.24, 2.45) is 0 Å². The van der Waals surface area contributed by atoms with Gasteiger partial charge in [-0.1, -0.05) is 152 Å². The fraction of sp³-hybridized carbons (Fsp3) is 0.809. The molecule has 0 aromatic rings. The lowest BCUT2D eigenvalue weighted by Gasteiger charge is -2.41. The second kappa shape index (κ2) is 37.8. The lowest BCUT2D eigenvalue weighted by molar-refractivity contribution is -0.220. The maximum Gasteiger partial charge on any atom is 0.472 e. The first-order valence-electron chi connectivity index (χ1n) is 23.5. The van der Waals surface area contributed by atoms with Gasteiger partial charge in [-0.3, -0.25) is 13.8 Å². The Bertz CT molecular complexity index is 1180. The van der Waals surface area contributed by atoms with Crippen LogP contribution in [0.1, 0.15) is 181 Å². The summed E-state index contributed by atoms with van der Waals surface area (Å²) in [6.45, 7) is 4.17. The van der Waals surface area contributed by atoms with Crippen molar-refractivity contribution in [2.75, 3.05) is 19.8 Å². The standard InChI is InChI=1S/C47H85O12P/c1-3-5-7-9-11-13-15-17-19-20-21-22-23-25-27-29-31-33-35-37-56-38-40(39-57-60(54,55)59-47-45(52)43(50)42(49)44(51)46(47)53)58-41(48)36-34-32-30-28-26-24-18-16-14-12-10-8-6-4-2/h10,12-13,15-16,18-20,40,42-47,49-53H,3-9,11,14,17,21-39H2,1-2H3,(H,54,55)/b12-10-,15-13-,18-16-,20-19-. The van der Waals surface area contributed by atoms with Crippen molar-refractivity contribution in [3.05, 3.63) is 48.6 Å². The number of phosphoric ester groups is 1. The Morgan fingerprint density at radius 1 is 0.533 bits per heavy atom. The highest BCUT2D eigenvalue weighted by molar-refractivity contribution is 7.47. The van der Waals surface area contributed by atoms with Gasteiger partial charge in [0.2, 0.25) is 0 Å². The molecule has 0 heterocycles. The predicted octanol–water partition coefficient (Wildman–Crippen LogP) is 9.64. The molecule has 1 fully saturated rings. The van der Waals surface area contributed by atoms with Gasteiger partial charge in [0.25, 0.3) is 0 Å². The van der Waals surface area contributed by atoms with Crippen LogP contribution in [0.25, 0.3) is 0 Å². The molecule has 0 aliphatic heterocycles. The van der Waals surface area contributed by atoms with Gasteiger partial charge in [0, 0.05) is 13.0 Å². The molecule has 0 spiro atoms. The number of hydrogen-bond donors (Lipinski definition) is 6. The van der Waals surface area contributed by atoms with Crippen molar-refractivity contribution in [2.45, 2.75) is 224 Å². The number of hydrogen-bond acceptors (Lipinski definition) is 11. The molecule has 0 amide bonds. The van der Waals surface area contributed by atoms with Gasteiger partial charge in [-0.05, 0) is 70.6 Å². The van der Waals surface area contributed by atoms with Gasteiger partial charge >= 0.3 is 13.8 Å². The summed E-state index contributed by atoms with van der Waals surface area (Å²) in [6.07, 6.45) is 33.2. The Kier molecular flexibility index (Phi) is 35.5. The smallest absolute Gasteiger partial charge is 0.457 e. The van der Waals surface area contributed by atoms with Gasteiger partial charge in [-0.2, -0.15) is 0 Å². The van der Waals surface area contributed by atoms with Crippen LogP contribution in [0, 0.1) is 0 Å². The number of aliphatic hydroxyl groups excluding tert-OH is 5. The lowest BCUT2D eigenvalue weighted by Crippen LogP contribution is -2.64. The molecule has 6 unspecified atom stereocenters. The van der Waals surface area contributed by atoms with Crippen LogP contribution in [-0.4, -0.2) is 98.9 Å². The summed E-state index contributed by atoms with van der Waals surface area (Å²) in [4.78, 5) is 23.1. The number of phosphoric acid groups is 1. The third-order valence-electron chi connectivity index (χ3n) is 10.7. The molecule has 13 heteroatoms. The number of unbranched alkanes of at least 4 members (excludes halogenated alkanes) is 19. The average molecular weight is 873 g/mol. The summed E-state index contributed by atoms with van der Waals surface area (Å²) >= 11 is 0. The molecule has 60 heavy (non-hydrogen) atoms. The zero-order valence-corrected chi connectivity index (χ0v) is 38.1. The summed E-state index contributed by atoms with van der Waals surface area (Å²) in [5.41, 5.74) is 0. The van der Waals surface area contributed by atoms with E-state index in [4.69, 9.17) is 18.5 Å². The first kappa shape index (κ1) is 56.3. The van der Waals surface area contributed by atoms with E-state index in [1.54, 1.807) is 0 Å². The number of ether oxygens (including phenoxy) is 2. The fourth-order valence-corrected chi connectivity index (χ4v) is 7.84. The monoisotopic (exact) mass is 873 g/mol. The number of aliphatic hydroxyl groups is 5. The number of carbonyl (C=O) groups excluding carboxylic acids is 1. The van der Waals surface area contributed by atoms with E-state index in [1.807, 2.05) is 0 Å². The normalized spacial score (nSPS) is 22.7. The zero-order chi connectivity index (χ0) is 44.1. The number of esters is 1. The Morgan fingerprint density at radius 2 is 0.950 bits per heavy atom. The van der Waals surface area contributed by atoms with E-state index in [0.717, 1.165) is 83.5 Å². The van der Waals surface area contributed by atoms with Crippen LogP contribution in [0.3, 0.4) is 0 Å². The molecular formula is C47H85O12P. The van der Waals surface area contributed by atoms with E-state index >= 15 is 0 Å². The highest BCUT2D eigenvalue weighted by atomic mass is 31.2. The van der Waals surface area contributed by atoms with Crippen molar-refractivity contribution in [1.82, 2.24) is 0 Å². The molecule has 6 atom stereocenters. The van der Waals surface area contributed by atoms with Gasteiger partial charge in [0.15, 0.2) is 0 Å². The maximum absolute atomic E-state index is 12.8. The summed E-state index contributed by atoms with van der Waals surface area (Å²) < 4.78 is 34.2. The van der Waals surface area contributed by atoms with Crippen LogP contribution in [0.5, 0.6) is 0 Å². The largest absolute Gasteiger partial charge is 0.472 e. The average Bonchev–Trinajstić information content (AvgIpc) is 3.23. The quantitative estimate of drug-likeness (QED) is 0.0149. The molecule has 1 saturated carbocycles. The number of carbonyl (C=O) groups is 1. The van der Waals surface area contributed by atoms with E-state index in [-0.39, 0.29) is 13.0 Å². The van der Waals surface area contributed by atoms with E-state index < -0.39 is 63.1 Å². The molecule has 6 N–H and O–H groups in total. The van der Waals surface area contributed by atoms with Crippen LogP contribution in [0.4, 0.5) is 0 Å². The van der Waals surface area contributed by atoms with Gasteiger partial charge < -0.3 is 39.9 Å². The zero-order valence-electron chi connectivity index (χ0n) is 37.2. The van der Waals surface area contributed by atoms with Gasteiger partial charge in [0.1, 0.15) is 42.7 Å². The Balaban J connectivity index is 2.39. The highest BCUT2D eigenvalue weighted by Crippen LogP contribution is 2.47.